The Morgan fingerprint density at radius 3 is 2.38 bits per heavy atom. The largest absolute Gasteiger partial charge is 0.367 e. The van der Waals surface area contributed by atoms with Gasteiger partial charge in [0, 0.05) is 12.8 Å². The molecule has 0 saturated carbocycles. The summed E-state index contributed by atoms with van der Waals surface area (Å²) in [6, 6.07) is 0. The van der Waals surface area contributed by atoms with Crippen LogP contribution in [0.1, 0.15) is 26.7 Å². The maximum Gasteiger partial charge on any atom is 0.216 e. The van der Waals surface area contributed by atoms with E-state index in [0.29, 0.717) is 6.42 Å². The zero-order chi connectivity index (χ0) is 10.3. The molecular weight excluding hydrogens is 234 g/mol. The number of halogens is 3. The molecule has 13 heavy (non-hydrogen) atoms. The highest BCUT2D eigenvalue weighted by atomic mass is 35.6. The van der Waals surface area contributed by atoms with Crippen molar-refractivity contribution in [1.82, 2.24) is 0 Å². The van der Waals surface area contributed by atoms with E-state index >= 15 is 0 Å². The van der Waals surface area contributed by atoms with E-state index in [1.807, 2.05) is 13.8 Å². The summed E-state index contributed by atoms with van der Waals surface area (Å²) in [5.74, 6) is 0.0765. The van der Waals surface area contributed by atoms with E-state index in [-0.39, 0.29) is 12.2 Å². The predicted molar refractivity (Wildman–Crippen MR) is 53.5 cm³/mol. The zero-order valence-electron chi connectivity index (χ0n) is 7.44. The lowest BCUT2D eigenvalue weighted by Crippen LogP contribution is -2.45. The summed E-state index contributed by atoms with van der Waals surface area (Å²) >= 11 is 17.0. The number of ketones is 1. The lowest BCUT2D eigenvalue weighted by atomic mass is 9.94. The number of carbonyl (C=O) groups excluding carboxylic acids is 1. The van der Waals surface area contributed by atoms with Crippen LogP contribution in [0.3, 0.4) is 0 Å². The van der Waals surface area contributed by atoms with E-state index in [1.165, 1.54) is 0 Å². The van der Waals surface area contributed by atoms with Crippen LogP contribution in [-0.4, -0.2) is 21.3 Å². The van der Waals surface area contributed by atoms with Crippen LogP contribution in [-0.2, 0) is 9.53 Å². The van der Waals surface area contributed by atoms with Crippen LogP contribution in [0.5, 0.6) is 0 Å². The third-order valence-corrected chi connectivity index (χ3v) is 2.59. The van der Waals surface area contributed by atoms with Crippen molar-refractivity contribution in [3.8, 4) is 0 Å². The molecule has 76 valence electrons. The van der Waals surface area contributed by atoms with E-state index in [2.05, 4.69) is 0 Å². The molecule has 0 amide bonds. The Kier molecular flexibility index (Phi) is 3.18. The Morgan fingerprint density at radius 1 is 1.46 bits per heavy atom. The Labute approximate surface area is 92.5 Å². The fraction of sp³-hybridized carbons (Fsp3) is 0.875. The Hall–Kier alpha value is 0.500. The summed E-state index contributed by atoms with van der Waals surface area (Å²) in [6.07, 6.45) is -0.0711. The van der Waals surface area contributed by atoms with Crippen LogP contribution >= 0.6 is 34.8 Å². The minimum atomic E-state index is -1.52. The molecule has 1 saturated heterocycles. The highest BCUT2D eigenvalue weighted by Crippen LogP contribution is 2.39. The molecule has 0 aromatic carbocycles. The smallest absolute Gasteiger partial charge is 0.216 e. The van der Waals surface area contributed by atoms with E-state index < -0.39 is 15.5 Å². The third-order valence-electron chi connectivity index (χ3n) is 1.86. The Morgan fingerprint density at radius 2 is 2.00 bits per heavy atom. The van der Waals surface area contributed by atoms with Crippen LogP contribution in [0.2, 0.25) is 0 Å². The molecule has 0 radical (unpaired) electrons. The van der Waals surface area contributed by atoms with Gasteiger partial charge in [-0.25, -0.2) is 0 Å². The van der Waals surface area contributed by atoms with Crippen LogP contribution in [0, 0.1) is 0 Å². The molecule has 1 fully saturated rings. The number of hydrogen-bond acceptors (Lipinski definition) is 2. The summed E-state index contributed by atoms with van der Waals surface area (Å²) in [4.78, 5) is 11.3. The van der Waals surface area contributed by atoms with Crippen molar-refractivity contribution >= 4 is 40.6 Å². The first-order valence-corrected chi connectivity index (χ1v) is 5.10. The summed E-state index contributed by atoms with van der Waals surface area (Å²) in [7, 11) is 0. The number of Topliss-reactive ketones (excluding diaryl/α,β-unsaturated/α-hetero) is 1. The molecule has 0 bridgehead atoms. The van der Waals surface area contributed by atoms with Crippen molar-refractivity contribution in [1.29, 1.82) is 0 Å². The highest BCUT2D eigenvalue weighted by Gasteiger charge is 2.43. The fourth-order valence-electron chi connectivity index (χ4n) is 1.40. The molecule has 1 aliphatic rings. The molecule has 1 rings (SSSR count). The number of ether oxygens (including phenoxy) is 1. The maximum atomic E-state index is 11.3. The van der Waals surface area contributed by atoms with Gasteiger partial charge in [0.05, 0.1) is 5.60 Å². The molecule has 1 heterocycles. The second-order valence-electron chi connectivity index (χ2n) is 3.83. The van der Waals surface area contributed by atoms with Crippen molar-refractivity contribution < 1.29 is 9.53 Å². The Balaban J connectivity index is 2.74. The minimum Gasteiger partial charge on any atom is -0.367 e. The van der Waals surface area contributed by atoms with Crippen LogP contribution in [0.15, 0.2) is 0 Å². The molecule has 0 unspecified atom stereocenters. The van der Waals surface area contributed by atoms with E-state index in [9.17, 15) is 4.79 Å². The van der Waals surface area contributed by atoms with Gasteiger partial charge in [-0.3, -0.25) is 4.79 Å². The molecule has 1 aliphatic heterocycles. The summed E-state index contributed by atoms with van der Waals surface area (Å²) in [5, 5.41) is 0. The highest BCUT2D eigenvalue weighted by molar-refractivity contribution is 6.68. The molecule has 2 nitrogen and oxygen atoms in total. The molecule has 0 spiro atoms. The SMILES string of the molecule is CC1(C)CC(=O)C[C@H](C(Cl)(Cl)Cl)O1. The molecule has 0 N–H and O–H groups in total. The molecule has 1 atom stereocenters. The van der Waals surface area contributed by atoms with Crippen LogP contribution in [0.25, 0.3) is 0 Å². The lowest BCUT2D eigenvalue weighted by molar-refractivity contribution is -0.147. The summed E-state index contributed by atoms with van der Waals surface area (Å²) < 4.78 is 3.97. The predicted octanol–water partition coefficient (Wildman–Crippen LogP) is 2.88. The second kappa shape index (κ2) is 3.58. The van der Waals surface area contributed by atoms with E-state index in [1.54, 1.807) is 0 Å². The maximum absolute atomic E-state index is 11.3. The number of hydrogen-bond donors (Lipinski definition) is 0. The van der Waals surface area contributed by atoms with Gasteiger partial charge in [0.2, 0.25) is 3.79 Å². The van der Waals surface area contributed by atoms with Gasteiger partial charge in [-0.05, 0) is 13.8 Å². The molecule has 5 heteroatoms. The van der Waals surface area contributed by atoms with Gasteiger partial charge in [0.15, 0.2) is 0 Å². The first kappa shape index (κ1) is 11.6. The monoisotopic (exact) mass is 244 g/mol. The van der Waals surface area contributed by atoms with Gasteiger partial charge in [-0.15, -0.1) is 0 Å². The third kappa shape index (κ3) is 3.28. The van der Waals surface area contributed by atoms with Gasteiger partial charge in [0.25, 0.3) is 0 Å². The summed E-state index contributed by atoms with van der Waals surface area (Å²) in [5.41, 5.74) is -0.524. The van der Waals surface area contributed by atoms with Crippen molar-refractivity contribution in [3.63, 3.8) is 0 Å². The second-order valence-corrected chi connectivity index (χ2v) is 6.20. The first-order chi connectivity index (χ1) is 5.71. The quantitative estimate of drug-likeness (QED) is 0.614. The zero-order valence-corrected chi connectivity index (χ0v) is 9.71. The number of carbonyl (C=O) groups is 1. The standard InChI is InChI=1S/C8H11Cl3O2/c1-7(2)4-5(12)3-6(13-7)8(9,10)11/h6H,3-4H2,1-2H3/t6-/m1/s1. The minimum absolute atomic E-state index is 0.0765. The van der Waals surface area contributed by atoms with Gasteiger partial charge in [-0.2, -0.15) is 0 Å². The fourth-order valence-corrected chi connectivity index (χ4v) is 1.77. The molecular formula is C8H11Cl3O2. The lowest BCUT2D eigenvalue weighted by Gasteiger charge is -2.37. The number of alkyl halides is 3. The Bertz CT molecular complexity index is 220. The van der Waals surface area contributed by atoms with Crippen molar-refractivity contribution in [2.75, 3.05) is 0 Å². The van der Waals surface area contributed by atoms with Crippen LogP contribution in [0.4, 0.5) is 0 Å². The van der Waals surface area contributed by atoms with Crippen molar-refractivity contribution in [2.24, 2.45) is 0 Å². The van der Waals surface area contributed by atoms with Gasteiger partial charge < -0.3 is 4.74 Å². The van der Waals surface area contributed by atoms with Gasteiger partial charge in [-0.1, -0.05) is 34.8 Å². The number of rotatable bonds is 0. The van der Waals surface area contributed by atoms with Gasteiger partial charge >= 0.3 is 0 Å². The topological polar surface area (TPSA) is 26.3 Å². The van der Waals surface area contributed by atoms with E-state index in [0.717, 1.165) is 0 Å². The normalized spacial score (nSPS) is 29.0. The molecule has 0 aliphatic carbocycles. The molecule has 0 aromatic heterocycles. The summed E-state index contributed by atoms with van der Waals surface area (Å²) in [6.45, 7) is 3.63. The van der Waals surface area contributed by atoms with Gasteiger partial charge in [0.1, 0.15) is 11.9 Å². The first-order valence-electron chi connectivity index (χ1n) is 3.97. The van der Waals surface area contributed by atoms with E-state index in [4.69, 9.17) is 39.5 Å². The van der Waals surface area contributed by atoms with Crippen molar-refractivity contribution in [3.05, 3.63) is 0 Å². The van der Waals surface area contributed by atoms with Crippen molar-refractivity contribution in [2.45, 2.75) is 42.2 Å². The van der Waals surface area contributed by atoms with Crippen LogP contribution < -0.4 is 0 Å². The average Bonchev–Trinajstić information content (AvgIpc) is 1.79. The molecule has 0 aromatic rings. The average molecular weight is 246 g/mol.